The molecule has 0 amide bonds. The van der Waals surface area contributed by atoms with Crippen molar-refractivity contribution in [1.29, 1.82) is 0 Å². The topological polar surface area (TPSA) is 36.6 Å². The number of quaternary nitrogens is 2. The molecule has 110 valence electrons. The Kier molecular flexibility index (Phi) is 11.7. The third-order valence-corrected chi connectivity index (χ3v) is 2.50. The fourth-order valence-corrected chi connectivity index (χ4v) is 1.36. The van der Waals surface area contributed by atoms with Crippen molar-refractivity contribution < 1.29 is 24.0 Å². The summed E-state index contributed by atoms with van der Waals surface area (Å²) in [7, 11) is 8.48. The van der Waals surface area contributed by atoms with Gasteiger partial charge < -0.3 is 24.0 Å². The molecule has 0 aromatic heterocycles. The standard InChI is InChI=1S/C13H30N2O3/c1-6-18-13(11-16-9-7-14(2)3)12-17-10-8-15(4)5/h13H,6-12H2,1-5H3/p+2. The van der Waals surface area contributed by atoms with Gasteiger partial charge in [0, 0.05) is 6.61 Å². The smallest absolute Gasteiger partial charge is 0.104 e. The van der Waals surface area contributed by atoms with Crippen LogP contribution in [0.4, 0.5) is 0 Å². The molecule has 0 aliphatic carbocycles. The summed E-state index contributed by atoms with van der Waals surface area (Å²) in [5.74, 6) is 0. The summed E-state index contributed by atoms with van der Waals surface area (Å²) in [5, 5.41) is 0. The molecule has 0 bridgehead atoms. The third-order valence-electron chi connectivity index (χ3n) is 2.50. The fourth-order valence-electron chi connectivity index (χ4n) is 1.36. The second-order valence-corrected chi connectivity index (χ2v) is 5.14. The summed E-state index contributed by atoms with van der Waals surface area (Å²) < 4.78 is 16.8. The Morgan fingerprint density at radius 3 is 1.61 bits per heavy atom. The number of hydrogen-bond acceptors (Lipinski definition) is 3. The van der Waals surface area contributed by atoms with Crippen molar-refractivity contribution in [2.24, 2.45) is 0 Å². The molecule has 0 aromatic carbocycles. The summed E-state index contributed by atoms with van der Waals surface area (Å²) in [6, 6.07) is 0. The number of ether oxygens (including phenoxy) is 3. The van der Waals surface area contributed by atoms with Crippen LogP contribution >= 0.6 is 0 Å². The van der Waals surface area contributed by atoms with E-state index < -0.39 is 0 Å². The van der Waals surface area contributed by atoms with Gasteiger partial charge in [0.2, 0.25) is 0 Å². The van der Waals surface area contributed by atoms with Gasteiger partial charge in [-0.25, -0.2) is 0 Å². The molecule has 0 radical (unpaired) electrons. The average molecular weight is 264 g/mol. The Balaban J connectivity index is 3.58. The summed E-state index contributed by atoms with van der Waals surface area (Å²) >= 11 is 0. The van der Waals surface area contributed by atoms with E-state index in [2.05, 4.69) is 28.2 Å². The molecule has 5 nitrogen and oxygen atoms in total. The van der Waals surface area contributed by atoms with Gasteiger partial charge in [0.15, 0.2) is 0 Å². The normalized spacial score (nSPS) is 12.0. The van der Waals surface area contributed by atoms with Gasteiger partial charge in [0.25, 0.3) is 0 Å². The number of hydrogen-bond donors (Lipinski definition) is 2. The van der Waals surface area contributed by atoms with Crippen LogP contribution in [0, 0.1) is 0 Å². The first-order chi connectivity index (χ1) is 8.56. The van der Waals surface area contributed by atoms with Gasteiger partial charge in [-0.2, -0.15) is 0 Å². The predicted molar refractivity (Wildman–Crippen MR) is 72.4 cm³/mol. The molecule has 0 spiro atoms. The molecule has 0 unspecified atom stereocenters. The highest BCUT2D eigenvalue weighted by molar-refractivity contribution is 4.54. The van der Waals surface area contributed by atoms with E-state index in [4.69, 9.17) is 14.2 Å². The van der Waals surface area contributed by atoms with E-state index >= 15 is 0 Å². The highest BCUT2D eigenvalue weighted by Crippen LogP contribution is 1.94. The number of likely N-dealkylation sites (N-methyl/N-ethyl adjacent to an activating group) is 2. The van der Waals surface area contributed by atoms with Gasteiger partial charge >= 0.3 is 0 Å². The molecule has 0 saturated carbocycles. The van der Waals surface area contributed by atoms with Crippen LogP contribution in [0.3, 0.4) is 0 Å². The third kappa shape index (κ3) is 12.3. The minimum atomic E-state index is 0.0596. The van der Waals surface area contributed by atoms with Crippen molar-refractivity contribution in [2.75, 3.05) is 74.3 Å². The second kappa shape index (κ2) is 11.9. The molecule has 5 heteroatoms. The number of nitrogens with one attached hydrogen (secondary N) is 2. The van der Waals surface area contributed by atoms with E-state index in [1.165, 1.54) is 9.80 Å². The van der Waals surface area contributed by atoms with Crippen LogP contribution in [-0.4, -0.2) is 80.4 Å². The van der Waals surface area contributed by atoms with Crippen molar-refractivity contribution in [3.63, 3.8) is 0 Å². The monoisotopic (exact) mass is 264 g/mol. The van der Waals surface area contributed by atoms with Crippen LogP contribution in [0.25, 0.3) is 0 Å². The molecule has 0 aromatic rings. The van der Waals surface area contributed by atoms with Crippen molar-refractivity contribution in [3.8, 4) is 0 Å². The molecule has 0 heterocycles. The van der Waals surface area contributed by atoms with Crippen molar-refractivity contribution in [3.05, 3.63) is 0 Å². The maximum atomic E-state index is 5.61. The molecule has 18 heavy (non-hydrogen) atoms. The van der Waals surface area contributed by atoms with Gasteiger partial charge in [-0.1, -0.05) is 0 Å². The van der Waals surface area contributed by atoms with Gasteiger partial charge in [-0.05, 0) is 6.92 Å². The molecular formula is C13H32N2O3+2. The highest BCUT2D eigenvalue weighted by atomic mass is 16.6. The van der Waals surface area contributed by atoms with E-state index in [-0.39, 0.29) is 6.10 Å². The Hall–Kier alpha value is -0.200. The SMILES string of the molecule is CCOC(COCC[NH+](C)C)COCC[NH+](C)C. The van der Waals surface area contributed by atoms with E-state index in [9.17, 15) is 0 Å². The molecule has 2 N–H and O–H groups in total. The number of rotatable bonds is 12. The van der Waals surface area contributed by atoms with E-state index in [1.54, 1.807) is 0 Å². The first kappa shape index (κ1) is 17.8. The van der Waals surface area contributed by atoms with Crippen LogP contribution in [-0.2, 0) is 14.2 Å². The van der Waals surface area contributed by atoms with Gasteiger partial charge in [-0.15, -0.1) is 0 Å². The largest absolute Gasteiger partial charge is 0.374 e. The minimum absolute atomic E-state index is 0.0596. The van der Waals surface area contributed by atoms with Crippen molar-refractivity contribution in [1.82, 2.24) is 0 Å². The van der Waals surface area contributed by atoms with Crippen LogP contribution in [0.5, 0.6) is 0 Å². The Labute approximate surface area is 112 Å². The van der Waals surface area contributed by atoms with Crippen LogP contribution in [0.1, 0.15) is 6.92 Å². The maximum absolute atomic E-state index is 5.61. The fraction of sp³-hybridized carbons (Fsp3) is 1.00. The minimum Gasteiger partial charge on any atom is -0.374 e. The Bertz CT molecular complexity index is 162. The molecule has 0 rings (SSSR count). The summed E-state index contributed by atoms with van der Waals surface area (Å²) in [5.41, 5.74) is 0. The van der Waals surface area contributed by atoms with E-state index in [0.717, 1.165) is 26.3 Å². The Morgan fingerprint density at radius 2 is 1.28 bits per heavy atom. The lowest BCUT2D eigenvalue weighted by atomic mass is 10.4. The molecule has 0 fully saturated rings. The van der Waals surface area contributed by atoms with E-state index in [1.807, 2.05) is 6.92 Å². The zero-order chi connectivity index (χ0) is 13.8. The van der Waals surface area contributed by atoms with E-state index in [0.29, 0.717) is 19.8 Å². The highest BCUT2D eigenvalue weighted by Gasteiger charge is 2.09. The lowest BCUT2D eigenvalue weighted by Crippen LogP contribution is -3.06. The van der Waals surface area contributed by atoms with Crippen LogP contribution in [0.2, 0.25) is 0 Å². The predicted octanol–water partition coefficient (Wildman–Crippen LogP) is -2.29. The summed E-state index contributed by atoms with van der Waals surface area (Å²) in [6.45, 7) is 7.52. The van der Waals surface area contributed by atoms with Crippen molar-refractivity contribution >= 4 is 0 Å². The second-order valence-electron chi connectivity index (χ2n) is 5.14. The van der Waals surface area contributed by atoms with Crippen molar-refractivity contribution in [2.45, 2.75) is 13.0 Å². The van der Waals surface area contributed by atoms with Gasteiger partial charge in [0.05, 0.1) is 54.6 Å². The molecular weight excluding hydrogens is 232 g/mol. The molecule has 0 atom stereocenters. The summed E-state index contributed by atoms with van der Waals surface area (Å²) in [4.78, 5) is 2.79. The first-order valence-corrected chi connectivity index (χ1v) is 6.91. The quantitative estimate of drug-likeness (QED) is 0.390. The summed E-state index contributed by atoms with van der Waals surface area (Å²) in [6.07, 6.45) is 0.0596. The van der Waals surface area contributed by atoms with Crippen LogP contribution in [0.15, 0.2) is 0 Å². The first-order valence-electron chi connectivity index (χ1n) is 6.91. The maximum Gasteiger partial charge on any atom is 0.104 e. The molecule has 0 saturated heterocycles. The van der Waals surface area contributed by atoms with Gasteiger partial charge in [-0.3, -0.25) is 0 Å². The average Bonchev–Trinajstić information content (AvgIpc) is 2.29. The molecule has 0 aliphatic heterocycles. The zero-order valence-electron chi connectivity index (χ0n) is 12.8. The molecule has 0 aliphatic rings. The lowest BCUT2D eigenvalue weighted by molar-refractivity contribution is -0.858. The zero-order valence-corrected chi connectivity index (χ0v) is 12.8. The Morgan fingerprint density at radius 1 is 0.833 bits per heavy atom. The lowest BCUT2D eigenvalue weighted by Gasteiger charge is -2.18. The van der Waals surface area contributed by atoms with Gasteiger partial charge in [0.1, 0.15) is 19.2 Å². The van der Waals surface area contributed by atoms with Crippen LogP contribution < -0.4 is 9.80 Å².